The van der Waals surface area contributed by atoms with Crippen LogP contribution in [0, 0.1) is 11.3 Å². The van der Waals surface area contributed by atoms with E-state index in [1.54, 1.807) is 13.0 Å². The molecule has 0 aliphatic heterocycles. The summed E-state index contributed by atoms with van der Waals surface area (Å²) >= 11 is 0. The number of ether oxygens (including phenoxy) is 1. The summed E-state index contributed by atoms with van der Waals surface area (Å²) in [4.78, 5) is 35.0. The van der Waals surface area contributed by atoms with E-state index in [-0.39, 0.29) is 24.1 Å². The number of Topliss-reactive ketones (excluding diaryl/α,β-unsaturated/α-hetero) is 1. The predicted octanol–water partition coefficient (Wildman–Crippen LogP) is 2.63. The Labute approximate surface area is 119 Å². The molecular weight excluding hydrogens is 256 g/mol. The number of rotatable bonds is 7. The molecule has 1 aliphatic rings. The molecule has 4 heteroatoms. The van der Waals surface area contributed by atoms with Crippen LogP contribution in [0.2, 0.25) is 0 Å². The highest BCUT2D eigenvalue weighted by molar-refractivity contribution is 6.05. The van der Waals surface area contributed by atoms with Crippen molar-refractivity contribution in [2.75, 3.05) is 6.61 Å². The van der Waals surface area contributed by atoms with Crippen molar-refractivity contribution >= 4 is 17.5 Å². The van der Waals surface area contributed by atoms with Gasteiger partial charge in [0, 0.05) is 6.42 Å². The van der Waals surface area contributed by atoms with Crippen LogP contribution in [0.4, 0.5) is 0 Å². The second kappa shape index (κ2) is 7.17. The Kier molecular flexibility index (Phi) is 5.86. The van der Waals surface area contributed by atoms with Gasteiger partial charge in [-0.15, -0.1) is 0 Å². The summed E-state index contributed by atoms with van der Waals surface area (Å²) in [5.74, 6) is -0.530. The molecule has 1 saturated carbocycles. The Bertz CT molecular complexity index is 436. The van der Waals surface area contributed by atoms with E-state index in [2.05, 4.69) is 6.58 Å². The monoisotopic (exact) mass is 278 g/mol. The number of hydrogen-bond acceptors (Lipinski definition) is 4. The van der Waals surface area contributed by atoms with Crippen LogP contribution in [-0.4, -0.2) is 24.1 Å². The van der Waals surface area contributed by atoms with Crippen LogP contribution in [-0.2, 0) is 19.1 Å². The largest absolute Gasteiger partial charge is 0.461 e. The normalized spacial score (nSPS) is 25.9. The fourth-order valence-corrected chi connectivity index (χ4v) is 2.63. The third-order valence-electron chi connectivity index (χ3n) is 3.91. The molecule has 0 bridgehead atoms. The van der Waals surface area contributed by atoms with Crippen molar-refractivity contribution < 1.29 is 19.1 Å². The Morgan fingerprint density at radius 1 is 1.50 bits per heavy atom. The Morgan fingerprint density at radius 3 is 2.80 bits per heavy atom. The maximum Gasteiger partial charge on any atom is 0.319 e. The molecule has 0 aromatic heterocycles. The van der Waals surface area contributed by atoms with Gasteiger partial charge in [0.05, 0.1) is 0 Å². The van der Waals surface area contributed by atoms with Crippen LogP contribution in [0.3, 0.4) is 0 Å². The summed E-state index contributed by atoms with van der Waals surface area (Å²) in [6, 6.07) is 0. The molecule has 0 N–H and O–H groups in total. The van der Waals surface area contributed by atoms with Gasteiger partial charge >= 0.3 is 5.97 Å². The van der Waals surface area contributed by atoms with Crippen LogP contribution < -0.4 is 0 Å². The van der Waals surface area contributed by atoms with E-state index in [4.69, 9.17) is 4.74 Å². The molecular formula is C16H22O4. The summed E-state index contributed by atoms with van der Waals surface area (Å²) in [6.45, 7) is 6.78. The molecule has 0 heterocycles. The molecule has 2 atom stereocenters. The first-order chi connectivity index (χ1) is 9.42. The van der Waals surface area contributed by atoms with Gasteiger partial charge in [0.2, 0.25) is 0 Å². The highest BCUT2D eigenvalue weighted by atomic mass is 16.5. The average Bonchev–Trinajstić information content (AvgIpc) is 2.69. The van der Waals surface area contributed by atoms with Gasteiger partial charge in [-0.3, -0.25) is 14.4 Å². The van der Waals surface area contributed by atoms with Crippen LogP contribution in [0.15, 0.2) is 24.8 Å². The smallest absolute Gasteiger partial charge is 0.319 e. The van der Waals surface area contributed by atoms with Gasteiger partial charge in [-0.1, -0.05) is 18.7 Å². The Morgan fingerprint density at radius 2 is 2.20 bits per heavy atom. The van der Waals surface area contributed by atoms with Crippen molar-refractivity contribution in [2.45, 2.75) is 39.5 Å². The van der Waals surface area contributed by atoms with Crippen LogP contribution >= 0.6 is 0 Å². The molecule has 0 aromatic carbocycles. The van der Waals surface area contributed by atoms with Gasteiger partial charge in [-0.05, 0) is 45.1 Å². The number of esters is 1. The van der Waals surface area contributed by atoms with Crippen molar-refractivity contribution in [2.24, 2.45) is 11.3 Å². The van der Waals surface area contributed by atoms with Gasteiger partial charge < -0.3 is 4.74 Å². The molecule has 110 valence electrons. The van der Waals surface area contributed by atoms with Crippen LogP contribution in [0.1, 0.15) is 39.5 Å². The highest BCUT2D eigenvalue weighted by Gasteiger charge is 2.52. The third-order valence-corrected chi connectivity index (χ3v) is 3.91. The molecule has 4 nitrogen and oxygen atoms in total. The lowest BCUT2D eigenvalue weighted by molar-refractivity contribution is -0.159. The number of hydrogen-bond donors (Lipinski definition) is 0. The molecule has 1 fully saturated rings. The fraction of sp³-hybridized carbons (Fsp3) is 0.562. The first kappa shape index (κ1) is 16.3. The fourth-order valence-electron chi connectivity index (χ4n) is 2.63. The third kappa shape index (κ3) is 3.65. The van der Waals surface area contributed by atoms with Crippen LogP contribution in [0.5, 0.6) is 0 Å². The van der Waals surface area contributed by atoms with Gasteiger partial charge in [0.15, 0.2) is 5.78 Å². The van der Waals surface area contributed by atoms with Crippen molar-refractivity contribution in [3.05, 3.63) is 24.8 Å². The van der Waals surface area contributed by atoms with E-state index < -0.39 is 11.4 Å². The lowest BCUT2D eigenvalue weighted by Gasteiger charge is -2.27. The summed E-state index contributed by atoms with van der Waals surface area (Å²) in [6.07, 6.45) is 7.31. The van der Waals surface area contributed by atoms with E-state index in [1.807, 2.05) is 0 Å². The molecule has 0 saturated heterocycles. The van der Waals surface area contributed by atoms with Gasteiger partial charge in [0.1, 0.15) is 17.8 Å². The molecule has 0 radical (unpaired) electrons. The minimum atomic E-state index is -1.05. The number of ketones is 2. The molecule has 0 amide bonds. The zero-order chi connectivity index (χ0) is 15.2. The molecule has 0 spiro atoms. The Hall–Kier alpha value is -1.71. The summed E-state index contributed by atoms with van der Waals surface area (Å²) in [7, 11) is 0. The lowest BCUT2D eigenvalue weighted by Crippen LogP contribution is -2.39. The van der Waals surface area contributed by atoms with Crippen molar-refractivity contribution in [3.63, 3.8) is 0 Å². The SMILES string of the molecule is C=CCOC(=O)C1(C)C(=O)CCC1CCC=CC(C)=O. The van der Waals surface area contributed by atoms with E-state index in [0.717, 1.165) is 0 Å². The van der Waals surface area contributed by atoms with Crippen LogP contribution in [0.25, 0.3) is 0 Å². The zero-order valence-corrected chi connectivity index (χ0v) is 12.2. The predicted molar refractivity (Wildman–Crippen MR) is 76.0 cm³/mol. The topological polar surface area (TPSA) is 60.4 Å². The van der Waals surface area contributed by atoms with E-state index >= 15 is 0 Å². The van der Waals surface area contributed by atoms with Crippen molar-refractivity contribution in [1.82, 2.24) is 0 Å². The standard InChI is InChI=1S/C16H22O4/c1-4-11-20-15(19)16(3)13(9-10-14(16)18)8-6-5-7-12(2)17/h4-5,7,13H,1,6,8-11H2,2-3H3. The van der Waals surface area contributed by atoms with Crippen molar-refractivity contribution in [1.29, 1.82) is 0 Å². The van der Waals surface area contributed by atoms with E-state index in [0.29, 0.717) is 25.7 Å². The number of carbonyl (C=O) groups excluding carboxylic acids is 3. The average molecular weight is 278 g/mol. The van der Waals surface area contributed by atoms with Gasteiger partial charge in [-0.25, -0.2) is 0 Å². The maximum absolute atomic E-state index is 12.1. The zero-order valence-electron chi connectivity index (χ0n) is 12.2. The quantitative estimate of drug-likeness (QED) is 0.311. The minimum absolute atomic E-state index is 0.000604. The van der Waals surface area contributed by atoms with Crippen molar-refractivity contribution in [3.8, 4) is 0 Å². The van der Waals surface area contributed by atoms with E-state index in [9.17, 15) is 14.4 Å². The summed E-state index contributed by atoms with van der Waals surface area (Å²) < 4.78 is 5.07. The molecule has 2 unspecified atom stereocenters. The molecule has 1 rings (SSSR count). The minimum Gasteiger partial charge on any atom is -0.461 e. The number of carbonyl (C=O) groups is 3. The van der Waals surface area contributed by atoms with Gasteiger partial charge in [-0.2, -0.15) is 0 Å². The second-order valence-corrected chi connectivity index (χ2v) is 5.34. The second-order valence-electron chi connectivity index (χ2n) is 5.34. The maximum atomic E-state index is 12.1. The Balaban J connectivity index is 2.69. The summed E-state index contributed by atoms with van der Waals surface area (Å²) in [5.41, 5.74) is -1.05. The first-order valence-corrected chi connectivity index (χ1v) is 6.91. The lowest BCUT2D eigenvalue weighted by atomic mass is 9.77. The molecule has 20 heavy (non-hydrogen) atoms. The molecule has 0 aromatic rings. The highest BCUT2D eigenvalue weighted by Crippen LogP contribution is 2.43. The molecule has 1 aliphatic carbocycles. The van der Waals surface area contributed by atoms with Gasteiger partial charge in [0.25, 0.3) is 0 Å². The van der Waals surface area contributed by atoms with E-state index in [1.165, 1.54) is 19.1 Å². The first-order valence-electron chi connectivity index (χ1n) is 6.91. The summed E-state index contributed by atoms with van der Waals surface area (Å²) in [5, 5.41) is 0. The number of allylic oxidation sites excluding steroid dienone is 2.